The number of carbonyl (C=O) groups excluding carboxylic acids is 1. The average molecular weight is 282 g/mol. The molecular formula is C15H26N2O3. The van der Waals surface area contributed by atoms with Crippen LogP contribution < -0.4 is 0 Å². The Bertz CT molecular complexity index is 366. The summed E-state index contributed by atoms with van der Waals surface area (Å²) in [5.74, 6) is 1.20. The molecule has 3 fully saturated rings. The van der Waals surface area contributed by atoms with Crippen LogP contribution in [0.3, 0.4) is 0 Å². The fourth-order valence-corrected chi connectivity index (χ4v) is 4.13. The van der Waals surface area contributed by atoms with Gasteiger partial charge in [0.25, 0.3) is 0 Å². The van der Waals surface area contributed by atoms with E-state index in [1.807, 2.05) is 18.7 Å². The Morgan fingerprint density at radius 2 is 1.85 bits per heavy atom. The van der Waals surface area contributed by atoms with Crippen molar-refractivity contribution in [3.8, 4) is 0 Å². The van der Waals surface area contributed by atoms with E-state index in [9.17, 15) is 9.90 Å². The second kappa shape index (κ2) is 5.62. The zero-order chi connectivity index (χ0) is 14.3. The predicted molar refractivity (Wildman–Crippen MR) is 75.2 cm³/mol. The Kier molecular flexibility index (Phi) is 4.02. The number of likely N-dealkylation sites (tertiary alicyclic amines) is 1. The summed E-state index contributed by atoms with van der Waals surface area (Å²) in [6.45, 7) is 7.80. The molecule has 1 amide bonds. The number of rotatable bonds is 2. The van der Waals surface area contributed by atoms with Crippen molar-refractivity contribution in [2.24, 2.45) is 11.8 Å². The minimum atomic E-state index is -0.150. The van der Waals surface area contributed by atoms with Crippen molar-refractivity contribution < 1.29 is 14.6 Å². The van der Waals surface area contributed by atoms with Crippen LogP contribution in [0.25, 0.3) is 0 Å². The van der Waals surface area contributed by atoms with Crippen LogP contribution in [0.5, 0.6) is 0 Å². The van der Waals surface area contributed by atoms with Gasteiger partial charge in [-0.3, -0.25) is 9.69 Å². The summed E-state index contributed by atoms with van der Waals surface area (Å²) in [6.07, 6.45) is 2.16. The molecule has 2 heterocycles. The number of carbonyl (C=O) groups is 1. The first-order valence-electron chi connectivity index (χ1n) is 7.86. The number of hydrogen-bond donors (Lipinski definition) is 1. The SMILES string of the molecule is CC1CN(C(=O)CN2CC3CCC(O)C3C2)CC(C)O1. The number of aliphatic hydroxyl groups is 1. The van der Waals surface area contributed by atoms with E-state index in [2.05, 4.69) is 4.90 Å². The number of aliphatic hydroxyl groups excluding tert-OH is 1. The summed E-state index contributed by atoms with van der Waals surface area (Å²) < 4.78 is 5.67. The third kappa shape index (κ3) is 2.85. The number of morpholine rings is 1. The minimum Gasteiger partial charge on any atom is -0.393 e. The first kappa shape index (κ1) is 14.3. The van der Waals surface area contributed by atoms with Crippen molar-refractivity contribution in [1.82, 2.24) is 9.80 Å². The summed E-state index contributed by atoms with van der Waals surface area (Å²) in [5, 5.41) is 9.93. The largest absolute Gasteiger partial charge is 0.393 e. The lowest BCUT2D eigenvalue weighted by Gasteiger charge is -2.36. The Morgan fingerprint density at radius 3 is 2.50 bits per heavy atom. The van der Waals surface area contributed by atoms with Gasteiger partial charge in [0.2, 0.25) is 5.91 Å². The third-order valence-electron chi connectivity index (χ3n) is 5.03. The molecule has 114 valence electrons. The van der Waals surface area contributed by atoms with Gasteiger partial charge in [-0.15, -0.1) is 0 Å². The van der Waals surface area contributed by atoms with Crippen LogP contribution in [-0.4, -0.2) is 71.8 Å². The molecular weight excluding hydrogens is 256 g/mol. The fraction of sp³-hybridized carbons (Fsp3) is 0.933. The monoisotopic (exact) mass is 282 g/mol. The van der Waals surface area contributed by atoms with E-state index in [0.717, 1.165) is 25.9 Å². The molecule has 1 saturated carbocycles. The summed E-state index contributed by atoms with van der Waals surface area (Å²) in [6, 6.07) is 0. The van der Waals surface area contributed by atoms with E-state index >= 15 is 0 Å². The molecule has 2 aliphatic heterocycles. The first-order valence-corrected chi connectivity index (χ1v) is 7.86. The Labute approximate surface area is 120 Å². The van der Waals surface area contributed by atoms with Crippen molar-refractivity contribution >= 4 is 5.91 Å². The van der Waals surface area contributed by atoms with E-state index in [0.29, 0.717) is 31.5 Å². The van der Waals surface area contributed by atoms with Crippen molar-refractivity contribution in [2.75, 3.05) is 32.7 Å². The quantitative estimate of drug-likeness (QED) is 0.793. The number of hydrogen-bond acceptors (Lipinski definition) is 4. The zero-order valence-corrected chi connectivity index (χ0v) is 12.5. The second-order valence-electron chi connectivity index (χ2n) is 6.82. The van der Waals surface area contributed by atoms with Gasteiger partial charge >= 0.3 is 0 Å². The molecule has 0 radical (unpaired) electrons. The fourth-order valence-electron chi connectivity index (χ4n) is 4.13. The average Bonchev–Trinajstić information content (AvgIpc) is 2.91. The lowest BCUT2D eigenvalue weighted by molar-refractivity contribution is -0.144. The van der Waals surface area contributed by atoms with E-state index in [4.69, 9.17) is 4.74 Å². The molecule has 3 rings (SSSR count). The van der Waals surface area contributed by atoms with E-state index in [1.54, 1.807) is 0 Å². The zero-order valence-electron chi connectivity index (χ0n) is 12.5. The highest BCUT2D eigenvalue weighted by molar-refractivity contribution is 5.78. The highest BCUT2D eigenvalue weighted by Crippen LogP contribution is 2.37. The topological polar surface area (TPSA) is 53.0 Å². The molecule has 5 heteroatoms. The lowest BCUT2D eigenvalue weighted by atomic mass is 10.00. The molecule has 0 aromatic rings. The van der Waals surface area contributed by atoms with Crippen LogP contribution in [0.15, 0.2) is 0 Å². The third-order valence-corrected chi connectivity index (χ3v) is 5.03. The minimum absolute atomic E-state index is 0.127. The van der Waals surface area contributed by atoms with Gasteiger partial charge in [-0.05, 0) is 32.6 Å². The maximum Gasteiger partial charge on any atom is 0.236 e. The van der Waals surface area contributed by atoms with Gasteiger partial charge in [0.15, 0.2) is 0 Å². The summed E-state index contributed by atoms with van der Waals surface area (Å²) >= 11 is 0. The van der Waals surface area contributed by atoms with Gasteiger partial charge in [0.05, 0.1) is 24.9 Å². The van der Waals surface area contributed by atoms with Crippen LogP contribution >= 0.6 is 0 Å². The maximum absolute atomic E-state index is 12.4. The molecule has 1 aliphatic carbocycles. The molecule has 5 atom stereocenters. The van der Waals surface area contributed by atoms with Gasteiger partial charge < -0.3 is 14.7 Å². The highest BCUT2D eigenvalue weighted by Gasteiger charge is 2.42. The summed E-state index contributed by atoms with van der Waals surface area (Å²) in [7, 11) is 0. The molecule has 5 nitrogen and oxygen atoms in total. The van der Waals surface area contributed by atoms with Crippen LogP contribution in [0.4, 0.5) is 0 Å². The maximum atomic E-state index is 12.4. The van der Waals surface area contributed by atoms with Crippen molar-refractivity contribution in [2.45, 2.75) is 45.0 Å². The van der Waals surface area contributed by atoms with Crippen molar-refractivity contribution in [3.05, 3.63) is 0 Å². The molecule has 1 N–H and O–H groups in total. The van der Waals surface area contributed by atoms with Crippen LogP contribution in [0.2, 0.25) is 0 Å². The van der Waals surface area contributed by atoms with Gasteiger partial charge in [0.1, 0.15) is 0 Å². The first-order chi connectivity index (χ1) is 9.52. The van der Waals surface area contributed by atoms with E-state index in [-0.39, 0.29) is 24.2 Å². The van der Waals surface area contributed by atoms with Gasteiger partial charge in [-0.2, -0.15) is 0 Å². The number of amides is 1. The molecule has 0 spiro atoms. The van der Waals surface area contributed by atoms with Gasteiger partial charge in [0, 0.05) is 32.1 Å². The molecule has 5 unspecified atom stereocenters. The van der Waals surface area contributed by atoms with Crippen molar-refractivity contribution in [1.29, 1.82) is 0 Å². The van der Waals surface area contributed by atoms with Crippen molar-refractivity contribution in [3.63, 3.8) is 0 Å². The highest BCUT2D eigenvalue weighted by atomic mass is 16.5. The molecule has 2 saturated heterocycles. The Hall–Kier alpha value is -0.650. The normalized spacial score (nSPS) is 42.0. The summed E-state index contributed by atoms with van der Waals surface area (Å²) in [4.78, 5) is 16.6. The van der Waals surface area contributed by atoms with Crippen LogP contribution in [0.1, 0.15) is 26.7 Å². The molecule has 0 aromatic heterocycles. The van der Waals surface area contributed by atoms with Gasteiger partial charge in [-0.1, -0.05) is 0 Å². The lowest BCUT2D eigenvalue weighted by Crippen LogP contribution is -2.51. The van der Waals surface area contributed by atoms with Gasteiger partial charge in [-0.25, -0.2) is 0 Å². The van der Waals surface area contributed by atoms with Crippen LogP contribution in [-0.2, 0) is 9.53 Å². The Balaban J connectivity index is 1.52. The standard InChI is InChI=1S/C15H26N2O3/c1-10-5-17(6-11(2)20-10)15(19)9-16-7-12-3-4-14(18)13(12)8-16/h10-14,18H,3-9H2,1-2H3. The second-order valence-corrected chi connectivity index (χ2v) is 6.82. The summed E-state index contributed by atoms with van der Waals surface area (Å²) in [5.41, 5.74) is 0. The number of fused-ring (bicyclic) bond motifs is 1. The van der Waals surface area contributed by atoms with E-state index < -0.39 is 0 Å². The number of nitrogens with zero attached hydrogens (tertiary/aromatic N) is 2. The Morgan fingerprint density at radius 1 is 1.15 bits per heavy atom. The van der Waals surface area contributed by atoms with E-state index in [1.165, 1.54) is 0 Å². The predicted octanol–water partition coefficient (Wildman–Crippen LogP) is 0.325. The molecule has 3 aliphatic rings. The number of ether oxygens (including phenoxy) is 1. The molecule has 20 heavy (non-hydrogen) atoms. The molecule has 0 aromatic carbocycles. The van der Waals surface area contributed by atoms with Crippen LogP contribution in [0, 0.1) is 11.8 Å². The smallest absolute Gasteiger partial charge is 0.236 e. The molecule has 0 bridgehead atoms.